The summed E-state index contributed by atoms with van der Waals surface area (Å²) in [6.07, 6.45) is 2.63. The zero-order valence-electron chi connectivity index (χ0n) is 24.1. The van der Waals surface area contributed by atoms with Crippen LogP contribution < -0.4 is 10.2 Å². The molecule has 0 aliphatic carbocycles. The summed E-state index contributed by atoms with van der Waals surface area (Å²) < 4.78 is 32.6. The van der Waals surface area contributed by atoms with Gasteiger partial charge in [-0.15, -0.1) is 0 Å². The van der Waals surface area contributed by atoms with Gasteiger partial charge in [-0.25, -0.2) is 13.6 Å². The highest BCUT2D eigenvalue weighted by Gasteiger charge is 2.27. The molecule has 1 N–H and O–H groups in total. The molecule has 3 aromatic carbocycles. The van der Waals surface area contributed by atoms with Crippen LogP contribution >= 0.6 is 0 Å². The van der Waals surface area contributed by atoms with Crippen molar-refractivity contribution in [1.82, 2.24) is 15.1 Å². The lowest BCUT2D eigenvalue weighted by atomic mass is 10.1. The van der Waals surface area contributed by atoms with Gasteiger partial charge < -0.3 is 14.6 Å². The third-order valence-electron chi connectivity index (χ3n) is 7.61. The molecular formula is C34H36F2N4O3. The van der Waals surface area contributed by atoms with Crippen molar-refractivity contribution in [1.29, 1.82) is 0 Å². The van der Waals surface area contributed by atoms with Crippen LogP contribution in [-0.2, 0) is 19.4 Å². The fourth-order valence-corrected chi connectivity index (χ4v) is 5.17. The number of nitrogens with one attached hydrogen (secondary N) is 1. The highest BCUT2D eigenvalue weighted by atomic mass is 19.1. The molecule has 0 radical (unpaired) electrons. The Morgan fingerprint density at radius 1 is 0.767 bits per heavy atom. The van der Waals surface area contributed by atoms with E-state index < -0.39 is 5.82 Å². The Balaban J connectivity index is 1.16. The van der Waals surface area contributed by atoms with E-state index in [0.717, 1.165) is 38.0 Å². The quantitative estimate of drug-likeness (QED) is 0.237. The van der Waals surface area contributed by atoms with Crippen LogP contribution in [-0.4, -0.2) is 61.0 Å². The SMILES string of the molecule is O=C(NCCc1ccc(F)cc1)c1ccc(CN(C(=O)N2CCN(CCCc3ccccc3)CC2)c2ccc(F)cc2)o1. The number of nitrogens with zero attached hydrogens (tertiary/aromatic N) is 3. The van der Waals surface area contributed by atoms with E-state index in [1.165, 1.54) is 29.8 Å². The minimum atomic E-state index is -0.391. The van der Waals surface area contributed by atoms with Gasteiger partial charge in [-0.05, 0) is 85.5 Å². The first-order valence-electron chi connectivity index (χ1n) is 14.6. The average Bonchev–Trinajstić information content (AvgIpc) is 3.51. The molecule has 0 spiro atoms. The fraction of sp³-hybridized carbons (Fsp3) is 0.294. The van der Waals surface area contributed by atoms with Gasteiger partial charge in [-0.2, -0.15) is 0 Å². The standard InChI is InChI=1S/C34H36F2N4O3/c35-28-10-8-27(9-11-28)18-19-37-33(41)32-17-16-31(43-32)25-40(30-14-12-29(36)13-15-30)34(42)39-23-21-38(22-24-39)20-4-7-26-5-2-1-3-6-26/h1-3,5-6,8-17H,4,7,18-25H2,(H,37,41). The first-order valence-corrected chi connectivity index (χ1v) is 14.6. The number of halogens is 2. The van der Waals surface area contributed by atoms with Gasteiger partial charge in [0.1, 0.15) is 17.4 Å². The maximum Gasteiger partial charge on any atom is 0.324 e. The zero-order valence-corrected chi connectivity index (χ0v) is 24.1. The van der Waals surface area contributed by atoms with E-state index in [2.05, 4.69) is 34.5 Å². The predicted molar refractivity (Wildman–Crippen MR) is 162 cm³/mol. The molecule has 0 saturated carbocycles. The van der Waals surface area contributed by atoms with Crippen molar-refractivity contribution >= 4 is 17.6 Å². The van der Waals surface area contributed by atoms with E-state index in [1.54, 1.807) is 41.3 Å². The molecule has 1 aliphatic heterocycles. The molecule has 1 aliphatic rings. The number of hydrogen-bond donors (Lipinski definition) is 1. The molecule has 224 valence electrons. The van der Waals surface area contributed by atoms with Crippen molar-refractivity contribution in [3.63, 3.8) is 0 Å². The molecule has 0 atom stereocenters. The Morgan fingerprint density at radius 3 is 2.12 bits per heavy atom. The minimum Gasteiger partial charge on any atom is -0.454 e. The number of urea groups is 1. The van der Waals surface area contributed by atoms with Crippen LogP contribution in [0.2, 0.25) is 0 Å². The summed E-state index contributed by atoms with van der Waals surface area (Å²) >= 11 is 0. The number of piperazine rings is 1. The maximum absolute atomic E-state index is 13.7. The van der Waals surface area contributed by atoms with Gasteiger partial charge in [-0.1, -0.05) is 42.5 Å². The van der Waals surface area contributed by atoms with Crippen LogP contribution in [0.3, 0.4) is 0 Å². The summed E-state index contributed by atoms with van der Waals surface area (Å²) in [5, 5.41) is 2.81. The molecule has 43 heavy (non-hydrogen) atoms. The Bertz CT molecular complexity index is 1470. The summed E-state index contributed by atoms with van der Waals surface area (Å²) in [4.78, 5) is 32.1. The molecule has 5 rings (SSSR count). The van der Waals surface area contributed by atoms with Crippen LogP contribution in [0.1, 0.15) is 33.9 Å². The molecule has 0 bridgehead atoms. The van der Waals surface area contributed by atoms with Crippen LogP contribution in [0.4, 0.5) is 19.3 Å². The van der Waals surface area contributed by atoms with Gasteiger partial charge in [0.15, 0.2) is 5.76 Å². The molecule has 2 heterocycles. The van der Waals surface area contributed by atoms with Gasteiger partial charge in [-0.3, -0.25) is 14.6 Å². The lowest BCUT2D eigenvalue weighted by molar-refractivity contribution is 0.0924. The molecule has 3 amide bonds. The van der Waals surface area contributed by atoms with Crippen LogP contribution in [0, 0.1) is 11.6 Å². The van der Waals surface area contributed by atoms with Gasteiger partial charge in [0.2, 0.25) is 0 Å². The Labute approximate surface area is 250 Å². The third-order valence-corrected chi connectivity index (χ3v) is 7.61. The molecule has 0 unspecified atom stereocenters. The Hall–Kier alpha value is -4.50. The monoisotopic (exact) mass is 586 g/mol. The lowest BCUT2D eigenvalue weighted by Crippen LogP contribution is -2.53. The second-order valence-corrected chi connectivity index (χ2v) is 10.7. The second kappa shape index (κ2) is 14.6. The summed E-state index contributed by atoms with van der Waals surface area (Å²) in [7, 11) is 0. The molecule has 1 aromatic heterocycles. The van der Waals surface area contributed by atoms with E-state index in [0.29, 0.717) is 37.5 Å². The maximum atomic E-state index is 13.7. The molecule has 1 fully saturated rings. The topological polar surface area (TPSA) is 69.0 Å². The number of furan rings is 1. The van der Waals surface area contributed by atoms with Crippen molar-refractivity contribution < 1.29 is 22.8 Å². The van der Waals surface area contributed by atoms with Crippen molar-refractivity contribution in [3.05, 3.63) is 125 Å². The van der Waals surface area contributed by atoms with E-state index in [4.69, 9.17) is 4.42 Å². The van der Waals surface area contributed by atoms with Crippen molar-refractivity contribution in [2.24, 2.45) is 0 Å². The highest BCUT2D eigenvalue weighted by molar-refractivity contribution is 5.93. The fourth-order valence-electron chi connectivity index (χ4n) is 5.17. The first kappa shape index (κ1) is 30.0. The Kier molecular flexibility index (Phi) is 10.2. The number of amides is 3. The van der Waals surface area contributed by atoms with Crippen molar-refractivity contribution in [2.45, 2.75) is 25.8 Å². The van der Waals surface area contributed by atoms with E-state index in [9.17, 15) is 18.4 Å². The highest BCUT2D eigenvalue weighted by Crippen LogP contribution is 2.22. The minimum absolute atomic E-state index is 0.0879. The third kappa shape index (κ3) is 8.51. The van der Waals surface area contributed by atoms with Gasteiger partial charge in [0, 0.05) is 38.4 Å². The summed E-state index contributed by atoms with van der Waals surface area (Å²) in [6.45, 7) is 4.15. The van der Waals surface area contributed by atoms with E-state index in [1.807, 2.05) is 11.0 Å². The number of aryl methyl sites for hydroxylation is 1. The van der Waals surface area contributed by atoms with Gasteiger partial charge in [0.25, 0.3) is 5.91 Å². The van der Waals surface area contributed by atoms with E-state index >= 15 is 0 Å². The summed E-state index contributed by atoms with van der Waals surface area (Å²) in [5.41, 5.74) is 2.77. The smallest absolute Gasteiger partial charge is 0.324 e. The second-order valence-electron chi connectivity index (χ2n) is 10.7. The summed E-state index contributed by atoms with van der Waals surface area (Å²) in [5.74, 6) is -0.513. The van der Waals surface area contributed by atoms with Crippen molar-refractivity contribution in [2.75, 3.05) is 44.2 Å². The number of rotatable bonds is 11. The van der Waals surface area contributed by atoms with Crippen LogP contribution in [0.25, 0.3) is 0 Å². The van der Waals surface area contributed by atoms with E-state index in [-0.39, 0.29) is 30.1 Å². The van der Waals surface area contributed by atoms with Crippen molar-refractivity contribution in [3.8, 4) is 0 Å². The number of anilines is 1. The lowest BCUT2D eigenvalue weighted by Gasteiger charge is -2.37. The number of carbonyl (C=O) groups excluding carboxylic acids is 2. The number of benzene rings is 3. The number of hydrogen-bond acceptors (Lipinski definition) is 4. The van der Waals surface area contributed by atoms with Gasteiger partial charge in [0.05, 0.1) is 6.54 Å². The summed E-state index contributed by atoms with van der Waals surface area (Å²) in [6, 6.07) is 25.4. The number of carbonyl (C=O) groups is 2. The largest absolute Gasteiger partial charge is 0.454 e. The molecule has 7 nitrogen and oxygen atoms in total. The predicted octanol–water partition coefficient (Wildman–Crippen LogP) is 5.91. The zero-order chi connectivity index (χ0) is 30.0. The average molecular weight is 587 g/mol. The molecule has 1 saturated heterocycles. The normalized spacial score (nSPS) is 13.6. The van der Waals surface area contributed by atoms with Crippen LogP contribution in [0.15, 0.2) is 95.4 Å². The van der Waals surface area contributed by atoms with Crippen LogP contribution in [0.5, 0.6) is 0 Å². The first-order chi connectivity index (χ1) is 20.9. The molecule has 9 heteroatoms. The Morgan fingerprint density at radius 2 is 1.42 bits per heavy atom. The molecule has 4 aromatic rings. The molecular weight excluding hydrogens is 550 g/mol. The van der Waals surface area contributed by atoms with Gasteiger partial charge >= 0.3 is 6.03 Å².